The van der Waals surface area contributed by atoms with E-state index in [1.165, 1.54) is 10.4 Å². The van der Waals surface area contributed by atoms with E-state index in [1.807, 2.05) is 10.7 Å². The summed E-state index contributed by atoms with van der Waals surface area (Å²) >= 11 is 1.68. The van der Waals surface area contributed by atoms with Crippen molar-refractivity contribution in [2.24, 2.45) is 0 Å². The molecule has 1 unspecified atom stereocenters. The number of aromatic nitrogens is 2. The van der Waals surface area contributed by atoms with Gasteiger partial charge in [0.2, 0.25) is 5.91 Å². The smallest absolute Gasteiger partial charge is 0.228 e. The first-order valence-electron chi connectivity index (χ1n) is 7.77. The molecule has 2 aromatic rings. The Kier molecular flexibility index (Phi) is 4.90. The van der Waals surface area contributed by atoms with Gasteiger partial charge in [-0.25, -0.2) is 4.68 Å². The van der Waals surface area contributed by atoms with Gasteiger partial charge in [0, 0.05) is 17.5 Å². The van der Waals surface area contributed by atoms with Crippen LogP contribution in [0.3, 0.4) is 0 Å². The summed E-state index contributed by atoms with van der Waals surface area (Å²) < 4.78 is 7.62. The molecule has 1 amide bonds. The van der Waals surface area contributed by atoms with Crippen LogP contribution in [0.2, 0.25) is 0 Å². The zero-order chi connectivity index (χ0) is 15.4. The van der Waals surface area contributed by atoms with E-state index in [9.17, 15) is 4.79 Å². The minimum absolute atomic E-state index is 0.0236. The van der Waals surface area contributed by atoms with E-state index in [0.29, 0.717) is 13.0 Å². The van der Waals surface area contributed by atoms with E-state index >= 15 is 0 Å². The Hall–Kier alpha value is -1.66. The molecule has 3 rings (SSSR count). The Morgan fingerprint density at radius 2 is 2.45 bits per heavy atom. The average Bonchev–Trinajstić information content (AvgIpc) is 3.14. The highest BCUT2D eigenvalue weighted by Gasteiger charge is 2.24. The van der Waals surface area contributed by atoms with Crippen LogP contribution in [0.25, 0.3) is 0 Å². The molecule has 0 bridgehead atoms. The predicted molar refractivity (Wildman–Crippen MR) is 87.1 cm³/mol. The number of rotatable bonds is 6. The molecule has 0 aromatic carbocycles. The van der Waals surface area contributed by atoms with Crippen LogP contribution in [0, 0.1) is 0 Å². The lowest BCUT2D eigenvalue weighted by Gasteiger charge is -2.22. The number of carbonyl (C=O) groups excluding carboxylic acids is 1. The number of thiophene rings is 1. The van der Waals surface area contributed by atoms with Gasteiger partial charge in [0.15, 0.2) is 0 Å². The molecule has 2 aromatic heterocycles. The summed E-state index contributed by atoms with van der Waals surface area (Å²) in [5, 5.41) is 9.28. The summed E-state index contributed by atoms with van der Waals surface area (Å²) in [4.78, 5) is 13.5. The number of hydrogen-bond donors (Lipinski definition) is 1. The second kappa shape index (κ2) is 7.07. The molecule has 0 saturated heterocycles. The van der Waals surface area contributed by atoms with Crippen molar-refractivity contribution in [3.8, 4) is 0 Å². The van der Waals surface area contributed by atoms with Gasteiger partial charge in [0.25, 0.3) is 0 Å². The fraction of sp³-hybridized carbons (Fsp3) is 0.500. The lowest BCUT2D eigenvalue weighted by atomic mass is 10.1. The van der Waals surface area contributed by atoms with Crippen molar-refractivity contribution in [2.75, 3.05) is 11.9 Å². The van der Waals surface area contributed by atoms with Crippen LogP contribution in [0.1, 0.15) is 42.7 Å². The van der Waals surface area contributed by atoms with Crippen LogP contribution in [0.15, 0.2) is 23.7 Å². The maximum absolute atomic E-state index is 12.3. The molecule has 22 heavy (non-hydrogen) atoms. The summed E-state index contributed by atoms with van der Waals surface area (Å²) in [6, 6.07) is 3.97. The van der Waals surface area contributed by atoms with Gasteiger partial charge in [-0.05, 0) is 29.9 Å². The number of unbranched alkanes of at least 4 members (excludes halogenated alkanes) is 1. The topological polar surface area (TPSA) is 56.2 Å². The second-order valence-corrected chi connectivity index (χ2v) is 6.41. The summed E-state index contributed by atoms with van der Waals surface area (Å²) in [7, 11) is 0. The van der Waals surface area contributed by atoms with E-state index in [-0.39, 0.29) is 12.0 Å². The standard InChI is InChI=1S/C16H21N3O2S/c1-2-3-8-19-14(4-7-17-19)18-15(20)11-13-16-12(5-9-21-13)6-10-22-16/h4,6-7,10,13H,2-3,5,8-9,11H2,1H3,(H,18,20). The number of anilines is 1. The first-order chi connectivity index (χ1) is 10.8. The van der Waals surface area contributed by atoms with Gasteiger partial charge >= 0.3 is 0 Å². The van der Waals surface area contributed by atoms with E-state index in [4.69, 9.17) is 4.74 Å². The van der Waals surface area contributed by atoms with Crippen LogP contribution in [-0.4, -0.2) is 22.3 Å². The van der Waals surface area contributed by atoms with Gasteiger partial charge in [0.05, 0.1) is 19.2 Å². The molecule has 1 aliphatic rings. The highest BCUT2D eigenvalue weighted by atomic mass is 32.1. The summed E-state index contributed by atoms with van der Waals surface area (Å²) in [6.07, 6.45) is 5.06. The fourth-order valence-corrected chi connectivity index (χ4v) is 3.67. The molecule has 5 nitrogen and oxygen atoms in total. The first kappa shape index (κ1) is 15.2. The quantitative estimate of drug-likeness (QED) is 0.888. The molecule has 118 valence electrons. The molecule has 0 spiro atoms. The predicted octanol–water partition coefficient (Wildman–Crippen LogP) is 3.39. The van der Waals surface area contributed by atoms with E-state index in [2.05, 4.69) is 28.8 Å². The molecular weight excluding hydrogens is 298 g/mol. The summed E-state index contributed by atoms with van der Waals surface area (Å²) in [5.41, 5.74) is 1.32. The Balaban J connectivity index is 1.61. The van der Waals surface area contributed by atoms with Crippen LogP contribution < -0.4 is 5.32 Å². The molecule has 3 heterocycles. The zero-order valence-electron chi connectivity index (χ0n) is 12.7. The molecule has 1 aliphatic heterocycles. The Morgan fingerprint density at radius 3 is 3.32 bits per heavy atom. The number of ether oxygens (including phenoxy) is 1. The van der Waals surface area contributed by atoms with Crippen molar-refractivity contribution in [1.29, 1.82) is 0 Å². The summed E-state index contributed by atoms with van der Waals surface area (Å²) in [5.74, 6) is 0.741. The molecule has 1 N–H and O–H groups in total. The minimum atomic E-state index is -0.115. The molecule has 0 saturated carbocycles. The number of amides is 1. The van der Waals surface area contributed by atoms with Crippen molar-refractivity contribution < 1.29 is 9.53 Å². The molecule has 0 radical (unpaired) electrons. The normalized spacial score (nSPS) is 17.2. The van der Waals surface area contributed by atoms with Crippen molar-refractivity contribution in [1.82, 2.24) is 9.78 Å². The molecule has 1 atom stereocenters. The lowest BCUT2D eigenvalue weighted by Crippen LogP contribution is -2.22. The number of hydrogen-bond acceptors (Lipinski definition) is 4. The third kappa shape index (κ3) is 3.39. The van der Waals surface area contributed by atoms with Crippen molar-refractivity contribution in [2.45, 2.75) is 45.3 Å². The van der Waals surface area contributed by atoms with Gasteiger partial charge in [-0.1, -0.05) is 13.3 Å². The molecular formula is C16H21N3O2S. The van der Waals surface area contributed by atoms with E-state index < -0.39 is 0 Å². The number of nitrogens with zero attached hydrogens (tertiary/aromatic N) is 2. The Bertz CT molecular complexity index is 635. The van der Waals surface area contributed by atoms with Gasteiger partial charge in [-0.2, -0.15) is 5.10 Å². The fourth-order valence-electron chi connectivity index (χ4n) is 2.66. The Labute approximate surface area is 134 Å². The van der Waals surface area contributed by atoms with Crippen molar-refractivity contribution >= 4 is 23.1 Å². The highest BCUT2D eigenvalue weighted by Crippen LogP contribution is 2.34. The van der Waals surface area contributed by atoms with Gasteiger partial charge in [-0.3, -0.25) is 4.79 Å². The third-order valence-corrected chi connectivity index (χ3v) is 4.89. The molecule has 0 aliphatic carbocycles. The van der Waals surface area contributed by atoms with Crippen molar-refractivity contribution in [3.05, 3.63) is 34.2 Å². The largest absolute Gasteiger partial charge is 0.372 e. The average molecular weight is 319 g/mol. The van der Waals surface area contributed by atoms with Gasteiger partial charge in [-0.15, -0.1) is 11.3 Å². The second-order valence-electron chi connectivity index (χ2n) is 5.46. The zero-order valence-corrected chi connectivity index (χ0v) is 13.6. The number of fused-ring (bicyclic) bond motifs is 1. The monoisotopic (exact) mass is 319 g/mol. The van der Waals surface area contributed by atoms with E-state index in [0.717, 1.165) is 31.6 Å². The number of aryl methyl sites for hydroxylation is 1. The van der Waals surface area contributed by atoms with Gasteiger partial charge < -0.3 is 10.1 Å². The lowest BCUT2D eigenvalue weighted by molar-refractivity contribution is -0.119. The van der Waals surface area contributed by atoms with Crippen LogP contribution in [0.5, 0.6) is 0 Å². The number of nitrogens with one attached hydrogen (secondary N) is 1. The third-order valence-electron chi connectivity index (χ3n) is 3.84. The van der Waals surface area contributed by atoms with Crippen molar-refractivity contribution in [3.63, 3.8) is 0 Å². The molecule has 0 fully saturated rings. The highest BCUT2D eigenvalue weighted by molar-refractivity contribution is 7.10. The maximum atomic E-state index is 12.3. The van der Waals surface area contributed by atoms with Gasteiger partial charge in [0.1, 0.15) is 11.9 Å². The summed E-state index contributed by atoms with van der Waals surface area (Å²) in [6.45, 7) is 3.66. The number of carbonyl (C=O) groups is 1. The Morgan fingerprint density at radius 1 is 1.55 bits per heavy atom. The molecule has 6 heteroatoms. The minimum Gasteiger partial charge on any atom is -0.372 e. The first-order valence-corrected chi connectivity index (χ1v) is 8.65. The van der Waals surface area contributed by atoms with Crippen LogP contribution >= 0.6 is 11.3 Å². The van der Waals surface area contributed by atoms with Crippen LogP contribution in [-0.2, 0) is 22.5 Å². The maximum Gasteiger partial charge on any atom is 0.228 e. The van der Waals surface area contributed by atoms with E-state index in [1.54, 1.807) is 17.5 Å². The SMILES string of the molecule is CCCCn1nccc1NC(=O)CC1OCCc2ccsc21. The van der Waals surface area contributed by atoms with Crippen LogP contribution in [0.4, 0.5) is 5.82 Å².